The molecule has 1 aromatic carbocycles. The van der Waals surface area contributed by atoms with Crippen LogP contribution in [0.3, 0.4) is 0 Å². The van der Waals surface area contributed by atoms with E-state index in [-0.39, 0.29) is 58.9 Å². The molecule has 0 amide bonds. The summed E-state index contributed by atoms with van der Waals surface area (Å²) in [5.41, 5.74) is 5.70. The molecule has 0 bridgehead atoms. The van der Waals surface area contributed by atoms with E-state index in [1.165, 1.54) is 30.5 Å². The maximum absolute atomic E-state index is 15.2. The summed E-state index contributed by atoms with van der Waals surface area (Å²) < 4.78 is 15.2. The summed E-state index contributed by atoms with van der Waals surface area (Å²) in [5.74, 6) is -2.03. The fraction of sp³-hybridized carbons (Fsp3) is 0.316. The van der Waals surface area contributed by atoms with Crippen molar-refractivity contribution < 1.29 is 19.1 Å². The number of anilines is 1. The molecule has 2 aromatic rings. The van der Waals surface area contributed by atoms with E-state index in [0.717, 1.165) is 0 Å². The van der Waals surface area contributed by atoms with Gasteiger partial charge in [0.25, 0.3) is 0 Å². The Bertz CT molecular complexity index is 849. The topological polar surface area (TPSA) is 105 Å². The van der Waals surface area contributed by atoms with Crippen LogP contribution in [0.5, 0.6) is 0 Å². The van der Waals surface area contributed by atoms with Crippen molar-refractivity contribution in [2.45, 2.75) is 38.8 Å². The normalized spacial score (nSPS) is 12.7. The molecule has 28 heavy (non-hydrogen) atoms. The van der Waals surface area contributed by atoms with Crippen molar-refractivity contribution >= 4 is 48.0 Å². The average Bonchev–Trinajstić information content (AvgIpc) is 2.60. The van der Waals surface area contributed by atoms with Crippen molar-refractivity contribution in [3.63, 3.8) is 0 Å². The minimum absolute atomic E-state index is 0. The van der Waals surface area contributed by atoms with Crippen molar-refractivity contribution in [1.29, 1.82) is 0 Å². The Morgan fingerprint density at radius 2 is 2.00 bits per heavy atom. The van der Waals surface area contributed by atoms with Gasteiger partial charge in [-0.05, 0) is 31.5 Å². The molecular formula is C19H22ClFLiN3O3. The van der Waals surface area contributed by atoms with Crippen LogP contribution < -0.4 is 11.1 Å². The number of aromatic nitrogens is 1. The van der Waals surface area contributed by atoms with Crippen molar-refractivity contribution in [3.05, 3.63) is 58.0 Å². The fourth-order valence-corrected chi connectivity index (χ4v) is 3.05. The van der Waals surface area contributed by atoms with Crippen LogP contribution in [0.15, 0.2) is 30.5 Å². The molecule has 0 radical (unpaired) electrons. The molecule has 1 aromatic heterocycles. The van der Waals surface area contributed by atoms with Gasteiger partial charge in [0.2, 0.25) is 0 Å². The van der Waals surface area contributed by atoms with Crippen molar-refractivity contribution in [3.8, 4) is 0 Å². The van der Waals surface area contributed by atoms with Crippen molar-refractivity contribution in [1.82, 2.24) is 10.3 Å². The number of ketones is 1. The number of benzene rings is 1. The molecule has 0 saturated heterocycles. The average molecular weight is 402 g/mol. The first kappa shape index (κ1) is 24.1. The summed E-state index contributed by atoms with van der Waals surface area (Å²) in [6.45, 7) is 3.54. The number of hydrogen-bond acceptors (Lipinski definition) is 5. The second-order valence-electron chi connectivity index (χ2n) is 6.25. The van der Waals surface area contributed by atoms with E-state index >= 15 is 4.39 Å². The monoisotopic (exact) mass is 401 g/mol. The van der Waals surface area contributed by atoms with Gasteiger partial charge in [0, 0.05) is 29.4 Å². The zero-order valence-corrected chi connectivity index (χ0v) is 15.8. The number of carboxylic acid groups (broad SMARTS) is 1. The van der Waals surface area contributed by atoms with E-state index in [1.54, 1.807) is 6.92 Å². The predicted octanol–water partition coefficient (Wildman–Crippen LogP) is 2.94. The van der Waals surface area contributed by atoms with Crippen LogP contribution >= 0.6 is 11.6 Å². The number of rotatable bonds is 8. The van der Waals surface area contributed by atoms with Crippen LogP contribution in [0.2, 0.25) is 5.02 Å². The first-order valence-corrected chi connectivity index (χ1v) is 8.84. The van der Waals surface area contributed by atoms with Crippen molar-refractivity contribution in [2.75, 3.05) is 5.73 Å². The van der Waals surface area contributed by atoms with Gasteiger partial charge in [-0.25, -0.2) is 9.37 Å². The number of carbonyl (C=O) groups excluding carboxylic acids is 1. The maximum atomic E-state index is 15.2. The van der Waals surface area contributed by atoms with Crippen molar-refractivity contribution in [2.24, 2.45) is 0 Å². The standard InChI is InChI=1S/C19H21ClFN3O3.Li.H/c1-3-14(24-10(2)8-16(25)26)12-5-6-13(20)17(18(12)21)19(27)11-4-7-15(22)23-9-11;;/h4-7,9-10,14,24H,3,8H2,1-2H3,(H2,22,23)(H,25,26);;/t10?,14-;;/m1../s1. The third-order valence-corrected chi connectivity index (χ3v) is 4.46. The van der Waals surface area contributed by atoms with Gasteiger partial charge in [0.15, 0.2) is 5.78 Å². The summed E-state index contributed by atoms with van der Waals surface area (Å²) in [6, 6.07) is 5.04. The first-order chi connectivity index (χ1) is 12.7. The number of nitrogens with one attached hydrogen (secondary N) is 1. The molecule has 4 N–H and O–H groups in total. The number of nitrogens with two attached hydrogens (primary N) is 1. The Hall–Kier alpha value is -1.91. The van der Waals surface area contributed by atoms with E-state index in [2.05, 4.69) is 10.3 Å². The quantitative estimate of drug-likeness (QED) is 0.464. The van der Waals surface area contributed by atoms with Gasteiger partial charge in [-0.1, -0.05) is 24.6 Å². The Labute approximate surface area is 179 Å². The van der Waals surface area contributed by atoms with Gasteiger partial charge in [-0.15, -0.1) is 0 Å². The molecule has 9 heteroatoms. The van der Waals surface area contributed by atoms with Crippen LogP contribution in [-0.2, 0) is 4.79 Å². The summed E-state index contributed by atoms with van der Waals surface area (Å²) in [5, 5.41) is 12.0. The van der Waals surface area contributed by atoms with E-state index < -0.39 is 23.6 Å². The molecule has 0 saturated carbocycles. The summed E-state index contributed by atoms with van der Waals surface area (Å²) in [4.78, 5) is 27.4. The Kier molecular flexibility index (Phi) is 9.12. The second-order valence-corrected chi connectivity index (χ2v) is 6.66. The van der Waals surface area contributed by atoms with Crippen LogP contribution in [0.1, 0.15) is 54.2 Å². The number of aliphatic carboxylic acids is 1. The Morgan fingerprint density at radius 3 is 2.54 bits per heavy atom. The summed E-state index contributed by atoms with van der Waals surface area (Å²) in [7, 11) is 0. The number of hydrogen-bond donors (Lipinski definition) is 3. The van der Waals surface area contributed by atoms with E-state index in [0.29, 0.717) is 6.42 Å². The number of pyridine rings is 1. The molecule has 2 rings (SSSR count). The van der Waals surface area contributed by atoms with Gasteiger partial charge >= 0.3 is 24.8 Å². The SMILES string of the molecule is CC[C@@H](NC(C)CC(=O)O)c1ccc(Cl)c(C(=O)c2ccc(N)nc2)c1F.[LiH]. The van der Waals surface area contributed by atoms with E-state index in [1.807, 2.05) is 6.92 Å². The Morgan fingerprint density at radius 1 is 1.32 bits per heavy atom. The number of carbonyl (C=O) groups is 2. The first-order valence-electron chi connectivity index (χ1n) is 8.46. The number of carboxylic acids is 1. The molecule has 0 spiro atoms. The molecule has 1 unspecified atom stereocenters. The molecule has 2 atom stereocenters. The van der Waals surface area contributed by atoms with Crippen LogP contribution in [-0.4, -0.2) is 46.7 Å². The van der Waals surface area contributed by atoms with E-state index in [4.69, 9.17) is 22.4 Å². The number of nitrogen functional groups attached to an aromatic ring is 1. The fourth-order valence-electron chi connectivity index (χ4n) is 2.82. The van der Waals surface area contributed by atoms with Gasteiger partial charge in [0.05, 0.1) is 17.0 Å². The van der Waals surface area contributed by atoms with Gasteiger partial charge < -0.3 is 16.2 Å². The molecule has 146 valence electrons. The Balaban J connectivity index is 0.00000392. The van der Waals surface area contributed by atoms with Crippen LogP contribution in [0.25, 0.3) is 0 Å². The molecule has 0 aliphatic heterocycles. The van der Waals surface area contributed by atoms with Crippen LogP contribution in [0, 0.1) is 5.82 Å². The number of nitrogens with zero attached hydrogens (tertiary/aromatic N) is 1. The third-order valence-electron chi connectivity index (χ3n) is 4.15. The summed E-state index contributed by atoms with van der Waals surface area (Å²) in [6.07, 6.45) is 1.67. The molecule has 1 heterocycles. The minimum atomic E-state index is -0.951. The van der Waals surface area contributed by atoms with Gasteiger partial charge in [-0.3, -0.25) is 9.59 Å². The summed E-state index contributed by atoms with van der Waals surface area (Å²) >= 11 is 6.10. The molecule has 0 fully saturated rings. The molecule has 6 nitrogen and oxygen atoms in total. The van der Waals surface area contributed by atoms with Gasteiger partial charge in [-0.2, -0.15) is 0 Å². The zero-order chi connectivity index (χ0) is 20.1. The second kappa shape index (κ2) is 10.6. The van der Waals surface area contributed by atoms with E-state index in [9.17, 15) is 9.59 Å². The van der Waals surface area contributed by atoms with Crippen LogP contribution in [0.4, 0.5) is 10.2 Å². The van der Waals surface area contributed by atoms with Gasteiger partial charge in [0.1, 0.15) is 11.6 Å². The molecule has 0 aliphatic rings. The predicted molar refractivity (Wildman–Crippen MR) is 109 cm³/mol. The third kappa shape index (κ3) is 5.79. The molecular weight excluding hydrogens is 380 g/mol. The number of halogens is 2. The molecule has 0 aliphatic carbocycles. The zero-order valence-electron chi connectivity index (χ0n) is 15.0.